The smallest absolute Gasteiger partial charge is 0.300 e. The number of Topliss-reactive ketones (excluding diaryl/α,β-unsaturated/α-hetero) is 1. The summed E-state index contributed by atoms with van der Waals surface area (Å²) in [6.07, 6.45) is 0. The lowest BCUT2D eigenvalue weighted by Crippen LogP contribution is -2.29. The Morgan fingerprint density at radius 1 is 0.947 bits per heavy atom. The maximum atomic E-state index is 13.5. The first kappa shape index (κ1) is 27.3. The maximum absolute atomic E-state index is 13.5. The molecule has 7 heteroatoms. The zero-order valence-electron chi connectivity index (χ0n) is 22.2. The molecule has 0 spiro atoms. The summed E-state index contributed by atoms with van der Waals surface area (Å²) >= 11 is 6.25. The molecule has 0 saturated carbocycles. The van der Waals surface area contributed by atoms with Crippen LogP contribution >= 0.6 is 11.6 Å². The summed E-state index contributed by atoms with van der Waals surface area (Å²) in [6, 6.07) is 18.4. The number of aliphatic hydroxyl groups is 1. The standard InChI is InChI=1S/C31H32ClNO5/c1-6-37-23-13-8-10-19(16-23)27-26(29(35)30(36)33(27)22-12-9-11-21(32)18-22)28(34)20-14-15-25(38-7-2)24(17-20)31(3,4)5/h8-18,27,34H,6-7H2,1-5H3/b28-26+. The summed E-state index contributed by atoms with van der Waals surface area (Å²) < 4.78 is 11.5. The third-order valence-corrected chi connectivity index (χ3v) is 6.61. The van der Waals surface area contributed by atoms with E-state index in [9.17, 15) is 14.7 Å². The molecule has 1 heterocycles. The van der Waals surface area contributed by atoms with E-state index in [2.05, 4.69) is 0 Å². The molecular weight excluding hydrogens is 502 g/mol. The molecule has 0 aliphatic carbocycles. The van der Waals surface area contributed by atoms with Crippen LogP contribution in [0.4, 0.5) is 5.69 Å². The van der Waals surface area contributed by atoms with Gasteiger partial charge in [0, 0.05) is 21.8 Å². The van der Waals surface area contributed by atoms with Crippen LogP contribution in [0.25, 0.3) is 5.76 Å². The molecule has 38 heavy (non-hydrogen) atoms. The summed E-state index contributed by atoms with van der Waals surface area (Å²) in [5.74, 6) is -0.481. The zero-order valence-corrected chi connectivity index (χ0v) is 23.0. The number of anilines is 1. The second kappa shape index (κ2) is 10.9. The Morgan fingerprint density at radius 3 is 2.32 bits per heavy atom. The van der Waals surface area contributed by atoms with Crippen LogP contribution in [0, 0.1) is 0 Å². The Balaban J connectivity index is 1.96. The van der Waals surface area contributed by atoms with E-state index in [0.717, 1.165) is 5.56 Å². The number of amides is 1. The van der Waals surface area contributed by atoms with Gasteiger partial charge in [0.15, 0.2) is 0 Å². The van der Waals surface area contributed by atoms with E-state index in [0.29, 0.717) is 46.5 Å². The fraction of sp³-hybridized carbons (Fsp3) is 0.290. The second-order valence-electron chi connectivity index (χ2n) is 10.0. The molecule has 6 nitrogen and oxygen atoms in total. The number of halogens is 1. The van der Waals surface area contributed by atoms with Crippen molar-refractivity contribution < 1.29 is 24.2 Å². The van der Waals surface area contributed by atoms with Gasteiger partial charge in [0.2, 0.25) is 0 Å². The molecule has 3 aromatic carbocycles. The van der Waals surface area contributed by atoms with Gasteiger partial charge < -0.3 is 14.6 Å². The third kappa shape index (κ3) is 5.27. The molecule has 1 N–H and O–H groups in total. The van der Waals surface area contributed by atoms with Gasteiger partial charge in [-0.2, -0.15) is 0 Å². The van der Waals surface area contributed by atoms with Crippen LogP contribution in [-0.4, -0.2) is 30.0 Å². The molecule has 0 bridgehead atoms. The molecule has 198 valence electrons. The molecule has 0 radical (unpaired) electrons. The van der Waals surface area contributed by atoms with Crippen LogP contribution in [0.2, 0.25) is 5.02 Å². The van der Waals surface area contributed by atoms with Crippen molar-refractivity contribution in [3.05, 3.63) is 94.0 Å². The van der Waals surface area contributed by atoms with Gasteiger partial charge in [0.1, 0.15) is 17.3 Å². The monoisotopic (exact) mass is 533 g/mol. The minimum absolute atomic E-state index is 0.00681. The lowest BCUT2D eigenvalue weighted by molar-refractivity contribution is -0.132. The van der Waals surface area contributed by atoms with E-state index in [4.69, 9.17) is 21.1 Å². The van der Waals surface area contributed by atoms with E-state index in [1.165, 1.54) is 4.90 Å². The van der Waals surface area contributed by atoms with Crippen LogP contribution in [-0.2, 0) is 15.0 Å². The number of aliphatic hydroxyl groups excluding tert-OH is 1. The molecular formula is C31H32ClNO5. The fourth-order valence-corrected chi connectivity index (χ4v) is 4.87. The van der Waals surface area contributed by atoms with Gasteiger partial charge >= 0.3 is 0 Å². The summed E-state index contributed by atoms with van der Waals surface area (Å²) in [6.45, 7) is 10.9. The van der Waals surface area contributed by atoms with Crippen molar-refractivity contribution in [2.24, 2.45) is 0 Å². The fourth-order valence-electron chi connectivity index (χ4n) is 4.68. The van der Waals surface area contributed by atoms with Crippen LogP contribution < -0.4 is 14.4 Å². The van der Waals surface area contributed by atoms with E-state index in [1.54, 1.807) is 54.6 Å². The summed E-state index contributed by atoms with van der Waals surface area (Å²) in [7, 11) is 0. The van der Waals surface area contributed by atoms with Crippen LogP contribution in [0.15, 0.2) is 72.3 Å². The largest absolute Gasteiger partial charge is 0.507 e. The molecule has 1 fully saturated rings. The predicted molar refractivity (Wildman–Crippen MR) is 150 cm³/mol. The van der Waals surface area contributed by atoms with E-state index >= 15 is 0 Å². The van der Waals surface area contributed by atoms with E-state index in [1.807, 2.05) is 46.8 Å². The number of ether oxygens (including phenoxy) is 2. The highest BCUT2D eigenvalue weighted by Gasteiger charge is 2.47. The summed E-state index contributed by atoms with van der Waals surface area (Å²) in [5, 5.41) is 12.0. The lowest BCUT2D eigenvalue weighted by atomic mass is 9.84. The van der Waals surface area contributed by atoms with Gasteiger partial charge in [-0.1, -0.05) is 50.6 Å². The number of carbonyl (C=O) groups excluding carboxylic acids is 2. The molecule has 1 saturated heterocycles. The second-order valence-corrected chi connectivity index (χ2v) is 10.5. The Hall–Kier alpha value is -3.77. The average molecular weight is 534 g/mol. The van der Waals surface area contributed by atoms with Gasteiger partial charge in [-0.15, -0.1) is 0 Å². The predicted octanol–water partition coefficient (Wildman–Crippen LogP) is 7.06. The van der Waals surface area contributed by atoms with Gasteiger partial charge in [-0.05, 0) is 73.4 Å². The SMILES string of the molecule is CCOc1cccc(C2/C(=C(\O)c3ccc(OCC)c(C(C)(C)C)c3)C(=O)C(=O)N2c2cccc(Cl)c2)c1. The van der Waals surface area contributed by atoms with Gasteiger partial charge in [0.25, 0.3) is 11.7 Å². The minimum Gasteiger partial charge on any atom is -0.507 e. The maximum Gasteiger partial charge on any atom is 0.300 e. The van der Waals surface area contributed by atoms with Crippen LogP contribution in [0.1, 0.15) is 57.4 Å². The summed E-state index contributed by atoms with van der Waals surface area (Å²) in [4.78, 5) is 28.4. The van der Waals surface area contributed by atoms with Crippen molar-refractivity contribution in [3.8, 4) is 11.5 Å². The molecule has 1 unspecified atom stereocenters. The molecule has 0 aromatic heterocycles. The van der Waals surface area contributed by atoms with Crippen molar-refractivity contribution in [2.75, 3.05) is 18.1 Å². The van der Waals surface area contributed by atoms with Gasteiger partial charge in [-0.3, -0.25) is 14.5 Å². The number of carbonyl (C=O) groups is 2. The van der Waals surface area contributed by atoms with Crippen molar-refractivity contribution in [3.63, 3.8) is 0 Å². The first-order chi connectivity index (χ1) is 18.1. The highest BCUT2D eigenvalue weighted by Crippen LogP contribution is 2.44. The Bertz CT molecular complexity index is 1410. The van der Waals surface area contributed by atoms with Gasteiger partial charge in [0.05, 0.1) is 24.8 Å². The Labute approximate surface area is 228 Å². The first-order valence-corrected chi connectivity index (χ1v) is 13.0. The molecule has 1 aliphatic heterocycles. The quantitative estimate of drug-likeness (QED) is 0.200. The molecule has 1 atom stereocenters. The Kier molecular flexibility index (Phi) is 7.83. The number of rotatable bonds is 7. The first-order valence-electron chi connectivity index (χ1n) is 12.6. The van der Waals surface area contributed by atoms with Crippen molar-refractivity contribution >= 4 is 34.7 Å². The highest BCUT2D eigenvalue weighted by atomic mass is 35.5. The molecule has 1 aliphatic rings. The summed E-state index contributed by atoms with van der Waals surface area (Å²) in [5.41, 5.74) is 2.08. The number of nitrogens with zero attached hydrogens (tertiary/aromatic N) is 1. The normalized spacial score (nSPS) is 17.1. The minimum atomic E-state index is -0.890. The van der Waals surface area contributed by atoms with Crippen LogP contribution in [0.3, 0.4) is 0 Å². The van der Waals surface area contributed by atoms with Crippen molar-refractivity contribution in [1.29, 1.82) is 0 Å². The molecule has 3 aromatic rings. The third-order valence-electron chi connectivity index (χ3n) is 6.38. The number of ketones is 1. The Morgan fingerprint density at radius 2 is 1.66 bits per heavy atom. The number of hydrogen-bond donors (Lipinski definition) is 1. The van der Waals surface area contributed by atoms with E-state index in [-0.39, 0.29) is 16.7 Å². The average Bonchev–Trinajstić information content (AvgIpc) is 3.14. The van der Waals surface area contributed by atoms with Crippen molar-refractivity contribution in [2.45, 2.75) is 46.1 Å². The molecule has 4 rings (SSSR count). The number of hydrogen-bond acceptors (Lipinski definition) is 5. The zero-order chi connectivity index (χ0) is 27.6. The van der Waals surface area contributed by atoms with E-state index < -0.39 is 17.7 Å². The highest BCUT2D eigenvalue weighted by molar-refractivity contribution is 6.51. The van der Waals surface area contributed by atoms with Crippen LogP contribution in [0.5, 0.6) is 11.5 Å². The van der Waals surface area contributed by atoms with Gasteiger partial charge in [-0.25, -0.2) is 0 Å². The number of benzene rings is 3. The molecule has 1 amide bonds. The lowest BCUT2D eigenvalue weighted by Gasteiger charge is -2.26. The van der Waals surface area contributed by atoms with Crippen molar-refractivity contribution in [1.82, 2.24) is 0 Å². The topological polar surface area (TPSA) is 76.1 Å².